The molecule has 1 saturated heterocycles. The molecule has 1 fully saturated rings. The standard InChI is InChI=1S/C31H26ClF2N7O2/c1-39-11-3-5-21(17-39)40-18-37-27-15-36-26-9-7-19(12-22(26)29(27)40)4-2-10-35-30(42)23-14-28(32)38-41(31(23)43)16-20-6-8-24(33)25(34)13-20/h6-9,12-15,18,21H,3,5,10-11,16-17H2,1H3,(H,35,42)/t21-/m1/s1. The largest absolute Gasteiger partial charge is 0.341 e. The molecule has 1 amide bonds. The summed E-state index contributed by atoms with van der Waals surface area (Å²) in [5.41, 5.74) is 2.74. The van der Waals surface area contributed by atoms with Gasteiger partial charge in [-0.15, -0.1) is 0 Å². The molecule has 1 atom stereocenters. The molecule has 1 aliphatic heterocycles. The van der Waals surface area contributed by atoms with E-state index in [1.165, 1.54) is 6.07 Å². The van der Waals surface area contributed by atoms with Gasteiger partial charge in [0.2, 0.25) is 0 Å². The summed E-state index contributed by atoms with van der Waals surface area (Å²) in [7, 11) is 2.13. The lowest BCUT2D eigenvalue weighted by molar-refractivity contribution is 0.0956. The quantitative estimate of drug-likeness (QED) is 0.304. The highest BCUT2D eigenvalue weighted by Gasteiger charge is 2.22. The summed E-state index contributed by atoms with van der Waals surface area (Å²) in [4.78, 5) is 37.2. The monoisotopic (exact) mass is 601 g/mol. The van der Waals surface area contributed by atoms with Crippen LogP contribution in [-0.4, -0.2) is 61.8 Å². The fourth-order valence-corrected chi connectivity index (χ4v) is 5.59. The van der Waals surface area contributed by atoms with Crippen LogP contribution in [-0.2, 0) is 6.54 Å². The number of fused-ring (bicyclic) bond motifs is 3. The number of benzene rings is 2. The van der Waals surface area contributed by atoms with Crippen LogP contribution >= 0.6 is 11.6 Å². The van der Waals surface area contributed by atoms with Gasteiger partial charge in [0.25, 0.3) is 11.5 Å². The van der Waals surface area contributed by atoms with Crippen molar-refractivity contribution < 1.29 is 13.6 Å². The van der Waals surface area contributed by atoms with Crippen molar-refractivity contribution in [2.24, 2.45) is 0 Å². The molecular formula is C31H26ClF2N7O2. The van der Waals surface area contributed by atoms with Gasteiger partial charge in [-0.25, -0.2) is 18.4 Å². The first-order valence-electron chi connectivity index (χ1n) is 13.7. The summed E-state index contributed by atoms with van der Waals surface area (Å²) in [6.45, 7) is 1.81. The van der Waals surface area contributed by atoms with E-state index in [0.29, 0.717) is 6.04 Å². The van der Waals surface area contributed by atoms with Gasteiger partial charge < -0.3 is 14.8 Å². The number of likely N-dealkylation sites (N-methyl/N-ethyl adjacent to an activating group) is 1. The van der Waals surface area contributed by atoms with E-state index in [4.69, 9.17) is 11.6 Å². The van der Waals surface area contributed by atoms with Gasteiger partial charge in [0.1, 0.15) is 11.1 Å². The maximum atomic E-state index is 13.6. The van der Waals surface area contributed by atoms with E-state index in [9.17, 15) is 18.4 Å². The van der Waals surface area contributed by atoms with E-state index >= 15 is 0 Å². The minimum atomic E-state index is -1.06. The highest BCUT2D eigenvalue weighted by Crippen LogP contribution is 2.29. The van der Waals surface area contributed by atoms with Crippen molar-refractivity contribution in [2.75, 3.05) is 26.7 Å². The Morgan fingerprint density at radius 3 is 2.79 bits per heavy atom. The second-order valence-electron chi connectivity index (χ2n) is 10.5. The highest BCUT2D eigenvalue weighted by atomic mass is 35.5. The predicted octanol–water partition coefficient (Wildman–Crippen LogP) is 4.17. The zero-order chi connectivity index (χ0) is 30.1. The van der Waals surface area contributed by atoms with Crippen LogP contribution in [0.4, 0.5) is 8.78 Å². The Labute approximate surface area is 250 Å². The minimum Gasteiger partial charge on any atom is -0.341 e. The fraction of sp³-hybridized carbons (Fsp3) is 0.258. The molecule has 1 aliphatic rings. The van der Waals surface area contributed by atoms with E-state index in [2.05, 4.69) is 48.7 Å². The summed E-state index contributed by atoms with van der Waals surface area (Å²) in [5.74, 6) is 3.24. The number of likely N-dealkylation sites (tertiary alicyclic amines) is 1. The Balaban J connectivity index is 1.20. The molecule has 0 spiro atoms. The van der Waals surface area contributed by atoms with Crippen molar-refractivity contribution in [3.05, 3.63) is 98.8 Å². The van der Waals surface area contributed by atoms with Gasteiger partial charge in [-0.3, -0.25) is 14.6 Å². The number of hydrogen-bond donors (Lipinski definition) is 1. The fourth-order valence-electron chi connectivity index (χ4n) is 5.39. The van der Waals surface area contributed by atoms with Crippen molar-refractivity contribution in [3.63, 3.8) is 0 Å². The predicted molar refractivity (Wildman–Crippen MR) is 159 cm³/mol. The molecule has 9 nitrogen and oxygen atoms in total. The summed E-state index contributed by atoms with van der Waals surface area (Å²) in [6.07, 6.45) is 5.89. The third-order valence-electron chi connectivity index (χ3n) is 7.47. The van der Waals surface area contributed by atoms with Crippen LogP contribution in [0.25, 0.3) is 21.9 Å². The first-order valence-corrected chi connectivity index (χ1v) is 14.1. The Hall–Kier alpha value is -4.66. The third-order valence-corrected chi connectivity index (χ3v) is 7.65. The number of carbonyl (C=O) groups excluding carboxylic acids is 1. The number of piperidine rings is 1. The van der Waals surface area contributed by atoms with Crippen molar-refractivity contribution in [1.82, 2.24) is 34.5 Å². The molecule has 2 aromatic carbocycles. The molecule has 0 unspecified atom stereocenters. The average molecular weight is 602 g/mol. The maximum Gasteiger partial charge on any atom is 0.280 e. The van der Waals surface area contributed by atoms with Crippen molar-refractivity contribution in [2.45, 2.75) is 25.4 Å². The molecule has 1 N–H and O–H groups in total. The zero-order valence-corrected chi connectivity index (χ0v) is 23.9. The van der Waals surface area contributed by atoms with Gasteiger partial charge >= 0.3 is 0 Å². The number of nitrogens with one attached hydrogen (secondary N) is 1. The summed E-state index contributed by atoms with van der Waals surface area (Å²) >= 11 is 6.05. The molecule has 4 heterocycles. The molecular weight excluding hydrogens is 576 g/mol. The van der Waals surface area contributed by atoms with Gasteiger partial charge in [-0.1, -0.05) is 29.5 Å². The van der Waals surface area contributed by atoms with E-state index in [0.717, 1.165) is 76.3 Å². The van der Waals surface area contributed by atoms with Crippen LogP contribution < -0.4 is 10.9 Å². The number of aromatic nitrogens is 5. The molecule has 0 saturated carbocycles. The number of pyridine rings is 1. The molecule has 0 radical (unpaired) electrons. The van der Waals surface area contributed by atoms with Crippen LogP contribution in [0.3, 0.4) is 0 Å². The molecule has 5 aromatic rings. The molecule has 12 heteroatoms. The van der Waals surface area contributed by atoms with Crippen LogP contribution in [0.1, 0.15) is 40.4 Å². The van der Waals surface area contributed by atoms with Gasteiger partial charge in [-0.2, -0.15) is 5.10 Å². The van der Waals surface area contributed by atoms with Gasteiger partial charge in [-0.05, 0) is 68.4 Å². The van der Waals surface area contributed by atoms with Crippen molar-refractivity contribution in [1.29, 1.82) is 0 Å². The Kier molecular flexibility index (Phi) is 7.88. The third kappa shape index (κ3) is 5.98. The van der Waals surface area contributed by atoms with Crippen molar-refractivity contribution >= 4 is 39.4 Å². The molecule has 6 rings (SSSR count). The first kappa shape index (κ1) is 28.5. The second kappa shape index (κ2) is 11.9. The van der Waals surface area contributed by atoms with Gasteiger partial charge in [0, 0.05) is 23.5 Å². The number of hydrogen-bond acceptors (Lipinski definition) is 6. The lowest BCUT2D eigenvalue weighted by Crippen LogP contribution is -2.34. The SMILES string of the molecule is CN1CCC[C@@H](n2cnc3cnc4ccc(C#CCNC(=O)c5cc(Cl)nn(Cc6ccc(F)c(F)c6)c5=O)cc4c32)C1. The zero-order valence-electron chi connectivity index (χ0n) is 23.1. The smallest absolute Gasteiger partial charge is 0.280 e. The molecule has 0 bridgehead atoms. The number of imidazole rings is 1. The minimum absolute atomic E-state index is 0.0335. The van der Waals surface area contributed by atoms with E-state index in [1.54, 1.807) is 6.20 Å². The second-order valence-corrected chi connectivity index (χ2v) is 10.9. The summed E-state index contributed by atoms with van der Waals surface area (Å²) in [5, 5.41) is 7.37. The van der Waals surface area contributed by atoms with E-state index in [1.807, 2.05) is 24.5 Å². The topological polar surface area (TPSA) is 97.9 Å². The highest BCUT2D eigenvalue weighted by molar-refractivity contribution is 6.29. The Morgan fingerprint density at radius 1 is 1.12 bits per heavy atom. The molecule has 218 valence electrons. The lowest BCUT2D eigenvalue weighted by atomic mass is 10.0. The molecule has 0 aliphatic carbocycles. The Morgan fingerprint density at radius 2 is 1.98 bits per heavy atom. The van der Waals surface area contributed by atoms with Crippen LogP contribution in [0.15, 0.2) is 59.8 Å². The van der Waals surface area contributed by atoms with Crippen molar-refractivity contribution in [3.8, 4) is 11.8 Å². The van der Waals surface area contributed by atoms with Gasteiger partial charge in [0.15, 0.2) is 16.8 Å². The number of carbonyl (C=O) groups is 1. The lowest BCUT2D eigenvalue weighted by Gasteiger charge is -2.31. The first-order chi connectivity index (χ1) is 20.8. The number of halogens is 3. The van der Waals surface area contributed by atoms with Crippen LogP contribution in [0.5, 0.6) is 0 Å². The Bertz CT molecular complexity index is 2000. The maximum absolute atomic E-state index is 13.6. The van der Waals surface area contributed by atoms with E-state index < -0.39 is 23.1 Å². The average Bonchev–Trinajstić information content (AvgIpc) is 3.44. The summed E-state index contributed by atoms with van der Waals surface area (Å²) < 4.78 is 30.0. The van der Waals surface area contributed by atoms with E-state index in [-0.39, 0.29) is 29.4 Å². The van der Waals surface area contributed by atoms with Gasteiger partial charge in [0.05, 0.1) is 36.6 Å². The number of nitrogens with zero attached hydrogens (tertiary/aromatic N) is 6. The van der Waals surface area contributed by atoms with Crippen LogP contribution in [0.2, 0.25) is 5.15 Å². The normalized spacial score (nSPS) is 15.4. The molecule has 3 aromatic heterocycles. The summed E-state index contributed by atoms with van der Waals surface area (Å²) in [6, 6.07) is 10.5. The van der Waals surface area contributed by atoms with Crippen LogP contribution in [0, 0.1) is 23.5 Å². The number of amides is 1. The molecule has 43 heavy (non-hydrogen) atoms. The number of rotatable bonds is 5.